The van der Waals surface area contributed by atoms with Crippen LogP contribution in [-0.2, 0) is 0 Å². The van der Waals surface area contributed by atoms with Gasteiger partial charge in [0, 0.05) is 6.20 Å². The van der Waals surface area contributed by atoms with Gasteiger partial charge in [-0.15, -0.1) is 0 Å². The number of aryl methyl sites for hydroxylation is 1. The molecule has 0 aliphatic heterocycles. The number of rotatable bonds is 2. The summed E-state index contributed by atoms with van der Waals surface area (Å²) in [6.07, 6.45) is 3.53. The minimum absolute atomic E-state index is 0.629. The second-order valence-electron chi connectivity index (χ2n) is 3.53. The number of nitrogens with one attached hydrogen (secondary N) is 1. The van der Waals surface area contributed by atoms with E-state index >= 15 is 0 Å². The Morgan fingerprint density at radius 2 is 2.06 bits per heavy atom. The molecule has 0 fully saturated rings. The van der Waals surface area contributed by atoms with Crippen LogP contribution in [0.1, 0.15) is 11.1 Å². The van der Waals surface area contributed by atoms with E-state index in [-0.39, 0.29) is 0 Å². The van der Waals surface area contributed by atoms with Gasteiger partial charge in [-0.25, -0.2) is 0 Å². The van der Waals surface area contributed by atoms with Gasteiger partial charge in [0.05, 0.1) is 23.1 Å². The zero-order chi connectivity index (χ0) is 11.4. The summed E-state index contributed by atoms with van der Waals surface area (Å²) in [5, 5.41) is 12.1. The molecule has 1 heterocycles. The number of hydrogen-bond acceptors (Lipinski definition) is 3. The van der Waals surface area contributed by atoms with E-state index in [4.69, 9.17) is 5.26 Å². The van der Waals surface area contributed by atoms with E-state index in [1.54, 1.807) is 18.5 Å². The predicted octanol–water partition coefficient (Wildman–Crippen LogP) is 3.01. The van der Waals surface area contributed by atoms with Gasteiger partial charge in [0.1, 0.15) is 6.07 Å². The van der Waals surface area contributed by atoms with Crippen molar-refractivity contribution in [2.24, 2.45) is 0 Å². The van der Waals surface area contributed by atoms with Crippen molar-refractivity contribution in [1.82, 2.24) is 4.98 Å². The number of benzene rings is 1. The van der Waals surface area contributed by atoms with Gasteiger partial charge in [-0.05, 0) is 30.7 Å². The standard InChI is InChI=1S/C13H11N3/c1-10-6-12(9-15-8-10)16-13-5-3-2-4-11(13)7-14/h2-6,8-9,16H,1H3. The molecular weight excluding hydrogens is 198 g/mol. The molecule has 0 bridgehead atoms. The summed E-state index contributed by atoms with van der Waals surface area (Å²) < 4.78 is 0. The average Bonchev–Trinajstić information content (AvgIpc) is 2.30. The summed E-state index contributed by atoms with van der Waals surface area (Å²) in [6.45, 7) is 1.98. The molecule has 3 nitrogen and oxygen atoms in total. The fourth-order valence-corrected chi connectivity index (χ4v) is 1.47. The lowest BCUT2D eigenvalue weighted by atomic mass is 10.2. The fourth-order valence-electron chi connectivity index (χ4n) is 1.47. The lowest BCUT2D eigenvalue weighted by molar-refractivity contribution is 1.26. The minimum Gasteiger partial charge on any atom is -0.353 e. The van der Waals surface area contributed by atoms with Gasteiger partial charge in [-0.3, -0.25) is 4.98 Å². The first-order chi connectivity index (χ1) is 7.79. The first-order valence-electron chi connectivity index (χ1n) is 4.97. The number of anilines is 2. The molecule has 0 aliphatic carbocycles. The molecule has 2 rings (SSSR count). The van der Waals surface area contributed by atoms with Crippen LogP contribution in [0.15, 0.2) is 42.7 Å². The van der Waals surface area contributed by atoms with Crippen LogP contribution >= 0.6 is 0 Å². The zero-order valence-corrected chi connectivity index (χ0v) is 8.94. The van der Waals surface area contributed by atoms with Crippen molar-refractivity contribution < 1.29 is 0 Å². The van der Waals surface area contributed by atoms with Gasteiger partial charge in [-0.1, -0.05) is 12.1 Å². The van der Waals surface area contributed by atoms with Gasteiger partial charge in [0.25, 0.3) is 0 Å². The van der Waals surface area contributed by atoms with Gasteiger partial charge >= 0.3 is 0 Å². The molecule has 16 heavy (non-hydrogen) atoms. The van der Waals surface area contributed by atoms with Crippen molar-refractivity contribution in [1.29, 1.82) is 5.26 Å². The third-order valence-electron chi connectivity index (χ3n) is 2.20. The Hall–Kier alpha value is -2.34. The van der Waals surface area contributed by atoms with E-state index in [1.807, 2.05) is 31.2 Å². The van der Waals surface area contributed by atoms with Crippen molar-refractivity contribution in [2.75, 3.05) is 5.32 Å². The largest absolute Gasteiger partial charge is 0.353 e. The molecule has 2 aromatic rings. The van der Waals surface area contributed by atoms with Crippen LogP contribution in [0.25, 0.3) is 0 Å². The lowest BCUT2D eigenvalue weighted by Gasteiger charge is -2.07. The number of aromatic nitrogens is 1. The first kappa shape index (κ1) is 10.2. The number of pyridine rings is 1. The highest BCUT2D eigenvalue weighted by Crippen LogP contribution is 2.19. The van der Waals surface area contributed by atoms with E-state index in [2.05, 4.69) is 16.4 Å². The molecule has 0 atom stereocenters. The molecule has 1 aromatic carbocycles. The number of para-hydroxylation sites is 1. The first-order valence-corrected chi connectivity index (χ1v) is 4.97. The molecule has 0 unspecified atom stereocenters. The summed E-state index contributed by atoms with van der Waals surface area (Å²) >= 11 is 0. The van der Waals surface area contributed by atoms with Crippen LogP contribution in [-0.4, -0.2) is 4.98 Å². The second-order valence-corrected chi connectivity index (χ2v) is 3.53. The molecule has 0 amide bonds. The lowest BCUT2D eigenvalue weighted by Crippen LogP contribution is -1.94. The zero-order valence-electron chi connectivity index (χ0n) is 8.94. The SMILES string of the molecule is Cc1cncc(Nc2ccccc2C#N)c1. The molecule has 0 saturated heterocycles. The number of hydrogen-bond donors (Lipinski definition) is 1. The Bertz CT molecular complexity index is 541. The van der Waals surface area contributed by atoms with Crippen LogP contribution in [0.2, 0.25) is 0 Å². The summed E-state index contributed by atoms with van der Waals surface area (Å²) in [4.78, 5) is 4.09. The van der Waals surface area contributed by atoms with Crippen LogP contribution in [0, 0.1) is 18.3 Å². The summed E-state index contributed by atoms with van der Waals surface area (Å²) in [5.74, 6) is 0. The van der Waals surface area contributed by atoms with Crippen molar-refractivity contribution in [2.45, 2.75) is 6.92 Å². The molecule has 3 heteroatoms. The smallest absolute Gasteiger partial charge is 0.101 e. The highest BCUT2D eigenvalue weighted by atomic mass is 14.9. The van der Waals surface area contributed by atoms with E-state index in [0.29, 0.717) is 5.56 Å². The molecule has 1 N–H and O–H groups in total. The third kappa shape index (κ3) is 2.18. The Kier molecular flexibility index (Phi) is 2.84. The molecule has 0 saturated carbocycles. The molecule has 0 radical (unpaired) electrons. The van der Waals surface area contributed by atoms with E-state index in [9.17, 15) is 0 Å². The van der Waals surface area contributed by atoms with E-state index in [0.717, 1.165) is 16.9 Å². The van der Waals surface area contributed by atoms with Gasteiger partial charge in [-0.2, -0.15) is 5.26 Å². The number of nitrogens with zero attached hydrogens (tertiary/aromatic N) is 2. The maximum Gasteiger partial charge on any atom is 0.101 e. The minimum atomic E-state index is 0.629. The molecule has 0 spiro atoms. The quantitative estimate of drug-likeness (QED) is 0.827. The van der Waals surface area contributed by atoms with Gasteiger partial charge < -0.3 is 5.32 Å². The van der Waals surface area contributed by atoms with Crippen molar-refractivity contribution in [3.63, 3.8) is 0 Å². The second kappa shape index (κ2) is 4.45. The average molecular weight is 209 g/mol. The maximum atomic E-state index is 8.95. The Balaban J connectivity index is 2.31. The van der Waals surface area contributed by atoms with E-state index in [1.165, 1.54) is 0 Å². The topological polar surface area (TPSA) is 48.7 Å². The molecule has 1 aromatic heterocycles. The van der Waals surface area contributed by atoms with Gasteiger partial charge in [0.2, 0.25) is 0 Å². The van der Waals surface area contributed by atoms with Crippen molar-refractivity contribution in [3.05, 3.63) is 53.9 Å². The van der Waals surface area contributed by atoms with Crippen molar-refractivity contribution >= 4 is 11.4 Å². The van der Waals surface area contributed by atoms with E-state index < -0.39 is 0 Å². The number of nitriles is 1. The Morgan fingerprint density at radius 1 is 1.25 bits per heavy atom. The normalized spacial score (nSPS) is 9.50. The van der Waals surface area contributed by atoms with Crippen LogP contribution < -0.4 is 5.32 Å². The van der Waals surface area contributed by atoms with Crippen LogP contribution in [0.3, 0.4) is 0 Å². The summed E-state index contributed by atoms with van der Waals surface area (Å²) in [5.41, 5.74) is 3.41. The van der Waals surface area contributed by atoms with Crippen LogP contribution in [0.5, 0.6) is 0 Å². The third-order valence-corrected chi connectivity index (χ3v) is 2.20. The summed E-state index contributed by atoms with van der Waals surface area (Å²) in [6, 6.07) is 11.5. The highest BCUT2D eigenvalue weighted by molar-refractivity contribution is 5.66. The highest BCUT2D eigenvalue weighted by Gasteiger charge is 2.00. The maximum absolute atomic E-state index is 8.95. The Morgan fingerprint density at radius 3 is 2.81 bits per heavy atom. The fraction of sp³-hybridized carbons (Fsp3) is 0.0769. The molecule has 0 aliphatic rings. The van der Waals surface area contributed by atoms with Gasteiger partial charge in [0.15, 0.2) is 0 Å². The van der Waals surface area contributed by atoms with Crippen LogP contribution in [0.4, 0.5) is 11.4 Å². The monoisotopic (exact) mass is 209 g/mol. The molecule has 78 valence electrons. The predicted molar refractivity (Wildman–Crippen MR) is 63.4 cm³/mol. The Labute approximate surface area is 94.4 Å². The molecular formula is C13H11N3. The van der Waals surface area contributed by atoms with Crippen molar-refractivity contribution in [3.8, 4) is 6.07 Å². The summed E-state index contributed by atoms with van der Waals surface area (Å²) in [7, 11) is 0.